The van der Waals surface area contributed by atoms with E-state index in [2.05, 4.69) is 28.4 Å². The van der Waals surface area contributed by atoms with E-state index in [1.165, 1.54) is 5.69 Å². The molecule has 0 unspecified atom stereocenters. The maximum atomic E-state index is 9.86. The summed E-state index contributed by atoms with van der Waals surface area (Å²) in [4.78, 5) is 2.35. The van der Waals surface area contributed by atoms with E-state index in [1.807, 2.05) is 12.1 Å². The Bertz CT molecular complexity index is 533. The number of hydrogen-bond donors (Lipinski definition) is 2. The molecule has 2 aromatic rings. The Balaban J connectivity index is 2.03. The Morgan fingerprint density at radius 2 is 1.88 bits per heavy atom. The van der Waals surface area contributed by atoms with E-state index in [0.717, 1.165) is 37.0 Å². The zero-order chi connectivity index (χ0) is 11.7. The van der Waals surface area contributed by atoms with Gasteiger partial charge in [-0.2, -0.15) is 0 Å². The van der Waals surface area contributed by atoms with Gasteiger partial charge < -0.3 is 15.3 Å². The van der Waals surface area contributed by atoms with Gasteiger partial charge in [0.1, 0.15) is 5.75 Å². The number of benzene rings is 2. The molecule has 2 aromatic carbocycles. The summed E-state index contributed by atoms with van der Waals surface area (Å²) in [5.41, 5.74) is 1.19. The highest BCUT2D eigenvalue weighted by atomic mass is 16.3. The minimum atomic E-state index is 0.361. The Labute approximate surface area is 101 Å². The minimum Gasteiger partial charge on any atom is -0.507 e. The average molecular weight is 228 g/mol. The fourth-order valence-corrected chi connectivity index (χ4v) is 2.36. The third-order valence-corrected chi connectivity index (χ3v) is 3.32. The molecule has 1 heterocycles. The van der Waals surface area contributed by atoms with Crippen molar-refractivity contribution < 1.29 is 5.11 Å². The summed E-state index contributed by atoms with van der Waals surface area (Å²) in [7, 11) is 0. The smallest absolute Gasteiger partial charge is 0.123 e. The molecule has 0 spiro atoms. The Morgan fingerprint density at radius 1 is 1.06 bits per heavy atom. The molecule has 3 heteroatoms. The van der Waals surface area contributed by atoms with Gasteiger partial charge in [-0.1, -0.05) is 18.2 Å². The third kappa shape index (κ3) is 1.94. The van der Waals surface area contributed by atoms with Crippen molar-refractivity contribution in [1.29, 1.82) is 0 Å². The van der Waals surface area contributed by atoms with Gasteiger partial charge in [-0.3, -0.25) is 0 Å². The fourth-order valence-electron chi connectivity index (χ4n) is 2.36. The van der Waals surface area contributed by atoms with Crippen LogP contribution >= 0.6 is 0 Å². The first kappa shape index (κ1) is 10.4. The Kier molecular flexibility index (Phi) is 2.61. The summed E-state index contributed by atoms with van der Waals surface area (Å²) >= 11 is 0. The number of aromatic hydroxyl groups is 1. The van der Waals surface area contributed by atoms with Crippen molar-refractivity contribution in [2.45, 2.75) is 0 Å². The molecule has 3 nitrogen and oxygen atoms in total. The van der Waals surface area contributed by atoms with E-state index in [1.54, 1.807) is 6.07 Å². The number of nitrogens with zero attached hydrogens (tertiary/aromatic N) is 1. The average Bonchev–Trinajstić information content (AvgIpc) is 2.40. The Hall–Kier alpha value is -1.74. The van der Waals surface area contributed by atoms with Crippen LogP contribution in [0.3, 0.4) is 0 Å². The molecule has 1 saturated heterocycles. The van der Waals surface area contributed by atoms with E-state index in [-0.39, 0.29) is 0 Å². The zero-order valence-corrected chi connectivity index (χ0v) is 9.69. The van der Waals surface area contributed by atoms with Crippen molar-refractivity contribution in [2.75, 3.05) is 31.1 Å². The molecular weight excluding hydrogens is 212 g/mol. The number of piperazine rings is 1. The highest BCUT2D eigenvalue weighted by Gasteiger charge is 2.11. The lowest BCUT2D eigenvalue weighted by atomic mass is 10.1. The summed E-state index contributed by atoms with van der Waals surface area (Å²) in [6, 6.07) is 11.9. The topological polar surface area (TPSA) is 35.5 Å². The number of rotatable bonds is 1. The number of fused-ring (bicyclic) bond motifs is 1. The van der Waals surface area contributed by atoms with Crippen LogP contribution in [0.5, 0.6) is 5.75 Å². The normalized spacial score (nSPS) is 16.4. The van der Waals surface area contributed by atoms with Crippen LogP contribution in [-0.2, 0) is 0 Å². The van der Waals surface area contributed by atoms with Crippen LogP contribution in [-0.4, -0.2) is 31.3 Å². The van der Waals surface area contributed by atoms with Crippen LogP contribution in [0, 0.1) is 0 Å². The van der Waals surface area contributed by atoms with Crippen LogP contribution < -0.4 is 10.2 Å². The van der Waals surface area contributed by atoms with Crippen LogP contribution in [0.2, 0.25) is 0 Å². The highest BCUT2D eigenvalue weighted by molar-refractivity contribution is 5.90. The van der Waals surface area contributed by atoms with Gasteiger partial charge in [0.05, 0.1) is 0 Å². The number of nitrogens with one attached hydrogen (secondary N) is 1. The molecule has 3 rings (SSSR count). The standard InChI is InChI=1S/C14H16N2O/c17-14-3-1-2-11-4-5-12(10-13(11)14)16-8-6-15-7-9-16/h1-5,10,15,17H,6-9H2. The minimum absolute atomic E-state index is 0.361. The monoisotopic (exact) mass is 228 g/mol. The molecular formula is C14H16N2O. The second kappa shape index (κ2) is 4.26. The maximum Gasteiger partial charge on any atom is 0.123 e. The van der Waals surface area contributed by atoms with E-state index in [4.69, 9.17) is 0 Å². The quantitative estimate of drug-likeness (QED) is 0.783. The SMILES string of the molecule is Oc1cccc2ccc(N3CCNCC3)cc12. The summed E-state index contributed by atoms with van der Waals surface area (Å²) in [5.74, 6) is 0.361. The number of phenolic OH excluding ortho intramolecular Hbond substituents is 1. The largest absolute Gasteiger partial charge is 0.507 e. The van der Waals surface area contributed by atoms with Crippen molar-refractivity contribution in [2.24, 2.45) is 0 Å². The molecule has 2 N–H and O–H groups in total. The van der Waals surface area contributed by atoms with Gasteiger partial charge in [-0.15, -0.1) is 0 Å². The third-order valence-electron chi connectivity index (χ3n) is 3.32. The van der Waals surface area contributed by atoms with Crippen LogP contribution in [0.15, 0.2) is 36.4 Å². The molecule has 1 aliphatic heterocycles. The first-order valence-electron chi connectivity index (χ1n) is 6.02. The second-order valence-corrected chi connectivity index (χ2v) is 4.42. The highest BCUT2D eigenvalue weighted by Crippen LogP contribution is 2.28. The van der Waals surface area contributed by atoms with Crippen molar-refractivity contribution in [3.05, 3.63) is 36.4 Å². The van der Waals surface area contributed by atoms with Crippen molar-refractivity contribution in [1.82, 2.24) is 5.32 Å². The summed E-state index contributed by atoms with van der Waals surface area (Å²) < 4.78 is 0. The predicted molar refractivity (Wildman–Crippen MR) is 70.7 cm³/mol. The lowest BCUT2D eigenvalue weighted by molar-refractivity contribution is 0.481. The molecule has 0 atom stereocenters. The lowest BCUT2D eigenvalue weighted by Crippen LogP contribution is -2.43. The summed E-state index contributed by atoms with van der Waals surface area (Å²) in [6.45, 7) is 4.11. The van der Waals surface area contributed by atoms with Crippen molar-refractivity contribution in [3.63, 3.8) is 0 Å². The first-order chi connectivity index (χ1) is 8.34. The second-order valence-electron chi connectivity index (χ2n) is 4.42. The number of anilines is 1. The van der Waals surface area contributed by atoms with Gasteiger partial charge in [0.2, 0.25) is 0 Å². The summed E-state index contributed by atoms with van der Waals surface area (Å²) in [5, 5.41) is 15.2. The Morgan fingerprint density at radius 3 is 2.71 bits per heavy atom. The van der Waals surface area contributed by atoms with Crippen molar-refractivity contribution >= 4 is 16.5 Å². The lowest BCUT2D eigenvalue weighted by Gasteiger charge is -2.29. The van der Waals surface area contributed by atoms with Gasteiger partial charge in [-0.05, 0) is 23.6 Å². The molecule has 0 aromatic heterocycles. The number of hydrogen-bond acceptors (Lipinski definition) is 3. The van der Waals surface area contributed by atoms with Crippen LogP contribution in [0.4, 0.5) is 5.69 Å². The van der Waals surface area contributed by atoms with Gasteiger partial charge in [-0.25, -0.2) is 0 Å². The fraction of sp³-hybridized carbons (Fsp3) is 0.286. The van der Waals surface area contributed by atoms with Crippen molar-refractivity contribution in [3.8, 4) is 5.75 Å². The van der Waals surface area contributed by atoms with Crippen LogP contribution in [0.25, 0.3) is 10.8 Å². The molecule has 1 fully saturated rings. The van der Waals surface area contributed by atoms with Gasteiger partial charge in [0, 0.05) is 37.3 Å². The molecule has 88 valence electrons. The van der Waals surface area contributed by atoms with Gasteiger partial charge >= 0.3 is 0 Å². The first-order valence-corrected chi connectivity index (χ1v) is 6.02. The molecule has 17 heavy (non-hydrogen) atoms. The molecule has 0 aliphatic carbocycles. The predicted octanol–water partition coefficient (Wildman–Crippen LogP) is 1.95. The molecule has 0 radical (unpaired) electrons. The van der Waals surface area contributed by atoms with E-state index in [0.29, 0.717) is 5.75 Å². The zero-order valence-electron chi connectivity index (χ0n) is 9.69. The van der Waals surface area contributed by atoms with E-state index in [9.17, 15) is 5.11 Å². The maximum absolute atomic E-state index is 9.86. The van der Waals surface area contributed by atoms with E-state index < -0.39 is 0 Å². The van der Waals surface area contributed by atoms with Crippen LogP contribution in [0.1, 0.15) is 0 Å². The van der Waals surface area contributed by atoms with Gasteiger partial charge in [0.15, 0.2) is 0 Å². The van der Waals surface area contributed by atoms with E-state index >= 15 is 0 Å². The van der Waals surface area contributed by atoms with Gasteiger partial charge in [0.25, 0.3) is 0 Å². The molecule has 1 aliphatic rings. The molecule has 0 saturated carbocycles. The molecule has 0 bridgehead atoms. The summed E-state index contributed by atoms with van der Waals surface area (Å²) in [6.07, 6.45) is 0. The molecule has 0 amide bonds. The number of phenols is 1.